The number of aryl methyl sites for hydroxylation is 1. The molecule has 0 amide bonds. The molecule has 1 N–H and O–H groups in total. The smallest absolute Gasteiger partial charge is 0.0659 e. The number of thiophene rings is 1. The van der Waals surface area contributed by atoms with E-state index in [4.69, 9.17) is 11.6 Å². The molecule has 2 aromatic rings. The molecule has 0 radical (unpaired) electrons. The summed E-state index contributed by atoms with van der Waals surface area (Å²) in [7, 11) is 0. The topological polar surface area (TPSA) is 12.0 Å². The van der Waals surface area contributed by atoms with E-state index in [9.17, 15) is 0 Å². The van der Waals surface area contributed by atoms with E-state index in [1.54, 1.807) is 4.88 Å². The maximum absolute atomic E-state index is 6.02. The SMILES string of the molecule is Clc1cccc(CNC2CCCc3sc(I)cc32)c1. The summed E-state index contributed by atoms with van der Waals surface area (Å²) < 4.78 is 1.40. The van der Waals surface area contributed by atoms with E-state index in [1.165, 1.54) is 33.3 Å². The maximum atomic E-state index is 6.02. The van der Waals surface area contributed by atoms with Crippen molar-refractivity contribution in [1.29, 1.82) is 0 Å². The summed E-state index contributed by atoms with van der Waals surface area (Å²) in [6, 6.07) is 10.9. The molecule has 0 fully saturated rings. The molecule has 1 aliphatic carbocycles. The Bertz CT molecular complexity index is 581. The third kappa shape index (κ3) is 3.32. The molecular formula is C15H15ClINS. The van der Waals surface area contributed by atoms with E-state index in [0.29, 0.717) is 6.04 Å². The van der Waals surface area contributed by atoms with Crippen LogP contribution < -0.4 is 5.32 Å². The Labute approximate surface area is 136 Å². The van der Waals surface area contributed by atoms with E-state index < -0.39 is 0 Å². The number of benzene rings is 1. The van der Waals surface area contributed by atoms with Crippen LogP contribution in [0.25, 0.3) is 0 Å². The van der Waals surface area contributed by atoms with Crippen LogP contribution in [0.1, 0.15) is 34.9 Å². The molecule has 3 rings (SSSR count). The molecule has 1 unspecified atom stereocenters. The van der Waals surface area contributed by atoms with E-state index >= 15 is 0 Å². The molecule has 0 saturated carbocycles. The van der Waals surface area contributed by atoms with Gasteiger partial charge in [-0.25, -0.2) is 0 Å². The molecule has 0 spiro atoms. The molecule has 0 saturated heterocycles. The second kappa shape index (κ2) is 6.12. The number of hydrogen-bond acceptors (Lipinski definition) is 2. The van der Waals surface area contributed by atoms with Gasteiger partial charge in [-0.2, -0.15) is 0 Å². The summed E-state index contributed by atoms with van der Waals surface area (Å²) in [5.74, 6) is 0. The first-order chi connectivity index (χ1) is 9.22. The van der Waals surface area contributed by atoms with Crippen LogP contribution in [-0.4, -0.2) is 0 Å². The highest BCUT2D eigenvalue weighted by Gasteiger charge is 2.22. The Hall–Kier alpha value is -0.100. The van der Waals surface area contributed by atoms with Crippen molar-refractivity contribution in [1.82, 2.24) is 5.32 Å². The average molecular weight is 404 g/mol. The molecule has 19 heavy (non-hydrogen) atoms. The van der Waals surface area contributed by atoms with Gasteiger partial charge in [-0.15, -0.1) is 11.3 Å². The zero-order valence-corrected chi connectivity index (χ0v) is 14.2. The van der Waals surface area contributed by atoms with Crippen molar-refractivity contribution >= 4 is 45.5 Å². The Kier molecular flexibility index (Phi) is 4.47. The Balaban J connectivity index is 1.71. The molecule has 1 aliphatic rings. The summed E-state index contributed by atoms with van der Waals surface area (Å²) in [5, 5.41) is 4.49. The van der Waals surface area contributed by atoms with Crippen molar-refractivity contribution in [3.8, 4) is 0 Å². The van der Waals surface area contributed by atoms with E-state index in [2.05, 4.69) is 40.0 Å². The normalized spacial score (nSPS) is 18.3. The zero-order valence-electron chi connectivity index (χ0n) is 10.5. The number of fused-ring (bicyclic) bond motifs is 1. The molecule has 0 bridgehead atoms. The lowest BCUT2D eigenvalue weighted by Crippen LogP contribution is -2.23. The fourth-order valence-electron chi connectivity index (χ4n) is 2.62. The summed E-state index contributed by atoms with van der Waals surface area (Å²) in [4.78, 5) is 1.57. The van der Waals surface area contributed by atoms with Gasteiger partial charge in [-0.05, 0) is 71.2 Å². The van der Waals surface area contributed by atoms with Crippen molar-refractivity contribution in [3.05, 3.63) is 54.2 Å². The second-order valence-corrected chi connectivity index (χ2v) is 8.35. The quantitative estimate of drug-likeness (QED) is 0.697. The molecular weight excluding hydrogens is 389 g/mol. The lowest BCUT2D eigenvalue weighted by molar-refractivity contribution is 0.463. The van der Waals surface area contributed by atoms with E-state index in [-0.39, 0.29) is 0 Å². The van der Waals surface area contributed by atoms with E-state index in [1.807, 2.05) is 29.5 Å². The van der Waals surface area contributed by atoms with Crippen molar-refractivity contribution in [3.63, 3.8) is 0 Å². The van der Waals surface area contributed by atoms with Crippen LogP contribution in [0.2, 0.25) is 5.02 Å². The monoisotopic (exact) mass is 403 g/mol. The van der Waals surface area contributed by atoms with Crippen molar-refractivity contribution in [2.75, 3.05) is 0 Å². The first kappa shape index (κ1) is 13.9. The van der Waals surface area contributed by atoms with Gasteiger partial charge in [0.15, 0.2) is 0 Å². The van der Waals surface area contributed by atoms with Gasteiger partial charge in [0.25, 0.3) is 0 Å². The number of nitrogens with one attached hydrogen (secondary N) is 1. The molecule has 1 nitrogen and oxygen atoms in total. The summed E-state index contributed by atoms with van der Waals surface area (Å²) in [5.41, 5.74) is 2.77. The van der Waals surface area contributed by atoms with Crippen LogP contribution in [0.3, 0.4) is 0 Å². The Morgan fingerprint density at radius 2 is 2.26 bits per heavy atom. The van der Waals surface area contributed by atoms with Crippen LogP contribution in [-0.2, 0) is 13.0 Å². The average Bonchev–Trinajstić information content (AvgIpc) is 2.77. The van der Waals surface area contributed by atoms with Gasteiger partial charge in [0.05, 0.1) is 2.88 Å². The van der Waals surface area contributed by atoms with Gasteiger partial charge in [-0.3, -0.25) is 0 Å². The predicted molar refractivity (Wildman–Crippen MR) is 91.0 cm³/mol. The van der Waals surface area contributed by atoms with Crippen molar-refractivity contribution in [2.24, 2.45) is 0 Å². The largest absolute Gasteiger partial charge is 0.306 e. The predicted octanol–water partition coefficient (Wildman–Crippen LogP) is 5.17. The molecule has 100 valence electrons. The fourth-order valence-corrected chi connectivity index (χ4v) is 4.95. The number of rotatable bonds is 3. The Morgan fingerprint density at radius 3 is 3.11 bits per heavy atom. The van der Waals surface area contributed by atoms with Crippen LogP contribution >= 0.6 is 45.5 Å². The molecule has 4 heteroatoms. The second-order valence-electron chi connectivity index (χ2n) is 4.88. The van der Waals surface area contributed by atoms with Crippen molar-refractivity contribution < 1.29 is 0 Å². The third-order valence-electron chi connectivity index (χ3n) is 3.53. The van der Waals surface area contributed by atoms with E-state index in [0.717, 1.165) is 11.6 Å². The molecule has 1 heterocycles. The highest BCUT2D eigenvalue weighted by atomic mass is 127. The van der Waals surface area contributed by atoms with Crippen LogP contribution in [0.15, 0.2) is 30.3 Å². The van der Waals surface area contributed by atoms with Crippen LogP contribution in [0.5, 0.6) is 0 Å². The highest BCUT2D eigenvalue weighted by molar-refractivity contribution is 14.1. The number of hydrogen-bond donors (Lipinski definition) is 1. The molecule has 1 aromatic heterocycles. The third-order valence-corrected chi connectivity index (χ3v) is 5.73. The minimum absolute atomic E-state index is 0.502. The highest BCUT2D eigenvalue weighted by Crippen LogP contribution is 2.36. The molecule has 1 atom stereocenters. The van der Waals surface area contributed by atoms with Gasteiger partial charge in [0.2, 0.25) is 0 Å². The van der Waals surface area contributed by atoms with Crippen molar-refractivity contribution in [2.45, 2.75) is 31.8 Å². The summed E-state index contributed by atoms with van der Waals surface area (Å²) >= 11 is 10.4. The van der Waals surface area contributed by atoms with Gasteiger partial charge in [-0.1, -0.05) is 23.7 Å². The zero-order chi connectivity index (χ0) is 13.2. The van der Waals surface area contributed by atoms with Gasteiger partial charge in [0.1, 0.15) is 0 Å². The Morgan fingerprint density at radius 1 is 1.37 bits per heavy atom. The first-order valence-electron chi connectivity index (χ1n) is 6.48. The fraction of sp³-hybridized carbons (Fsp3) is 0.333. The van der Waals surface area contributed by atoms with Gasteiger partial charge in [0, 0.05) is 22.5 Å². The summed E-state index contributed by atoms with van der Waals surface area (Å²) in [6.45, 7) is 0.886. The van der Waals surface area contributed by atoms with Crippen LogP contribution in [0.4, 0.5) is 0 Å². The summed E-state index contributed by atoms with van der Waals surface area (Å²) in [6.07, 6.45) is 3.77. The minimum Gasteiger partial charge on any atom is -0.306 e. The molecule has 1 aromatic carbocycles. The molecule has 0 aliphatic heterocycles. The van der Waals surface area contributed by atoms with Gasteiger partial charge >= 0.3 is 0 Å². The maximum Gasteiger partial charge on any atom is 0.0659 e. The first-order valence-corrected chi connectivity index (χ1v) is 8.75. The minimum atomic E-state index is 0.502. The lowest BCUT2D eigenvalue weighted by atomic mass is 9.94. The van der Waals surface area contributed by atoms with Gasteiger partial charge < -0.3 is 5.32 Å². The standard InChI is InChI=1S/C15H15ClINS/c16-11-4-1-3-10(7-11)9-18-13-5-2-6-14-12(13)8-15(17)19-14/h1,3-4,7-8,13,18H,2,5-6,9H2. The number of halogens is 2. The lowest BCUT2D eigenvalue weighted by Gasteiger charge is -2.23. The van der Waals surface area contributed by atoms with Crippen LogP contribution in [0, 0.1) is 2.88 Å².